The van der Waals surface area contributed by atoms with Gasteiger partial charge < -0.3 is 10.1 Å². The van der Waals surface area contributed by atoms with E-state index in [1.807, 2.05) is 6.20 Å². The number of rotatable bonds is 7. The number of pyridine rings is 1. The highest BCUT2D eigenvalue weighted by atomic mass is 16.5. The van der Waals surface area contributed by atoms with E-state index in [9.17, 15) is 0 Å². The predicted molar refractivity (Wildman–Crippen MR) is 78.4 cm³/mol. The van der Waals surface area contributed by atoms with E-state index in [0.717, 1.165) is 31.4 Å². The Morgan fingerprint density at radius 2 is 2.21 bits per heavy atom. The minimum atomic E-state index is 0.358. The minimum Gasteiger partial charge on any atom is -0.477 e. The number of hydrogen-bond acceptors (Lipinski definition) is 3. The van der Waals surface area contributed by atoms with Gasteiger partial charge in [-0.05, 0) is 50.3 Å². The van der Waals surface area contributed by atoms with Crippen molar-refractivity contribution in [1.29, 1.82) is 0 Å². The molecule has 2 rings (SSSR count). The Morgan fingerprint density at radius 3 is 2.95 bits per heavy atom. The van der Waals surface area contributed by atoms with Gasteiger partial charge in [0.2, 0.25) is 5.88 Å². The lowest BCUT2D eigenvalue weighted by atomic mass is 10.1. The fourth-order valence-electron chi connectivity index (χ4n) is 2.63. The summed E-state index contributed by atoms with van der Waals surface area (Å²) in [6.07, 6.45) is 8.35. The molecule has 0 bridgehead atoms. The summed E-state index contributed by atoms with van der Waals surface area (Å²) in [5.74, 6) is 1.51. The maximum Gasteiger partial charge on any atom is 0.213 e. The van der Waals surface area contributed by atoms with Crippen molar-refractivity contribution >= 4 is 0 Å². The van der Waals surface area contributed by atoms with E-state index in [1.165, 1.54) is 31.2 Å². The zero-order chi connectivity index (χ0) is 13.5. The maximum absolute atomic E-state index is 5.85. The Hall–Kier alpha value is -1.09. The first-order chi connectivity index (χ1) is 9.29. The van der Waals surface area contributed by atoms with Crippen molar-refractivity contribution in [2.45, 2.75) is 52.0 Å². The molecule has 1 fully saturated rings. The highest BCUT2D eigenvalue weighted by Crippen LogP contribution is 2.25. The van der Waals surface area contributed by atoms with Crippen LogP contribution in [0.4, 0.5) is 0 Å². The van der Waals surface area contributed by atoms with Gasteiger partial charge in [-0.1, -0.05) is 19.8 Å². The molecule has 3 nitrogen and oxygen atoms in total. The van der Waals surface area contributed by atoms with Crippen LogP contribution in [-0.4, -0.2) is 18.1 Å². The van der Waals surface area contributed by atoms with Crippen molar-refractivity contribution < 1.29 is 4.74 Å². The molecular formula is C16H26N2O. The van der Waals surface area contributed by atoms with Gasteiger partial charge in [0.15, 0.2) is 0 Å². The molecule has 1 N–H and O–H groups in total. The van der Waals surface area contributed by atoms with Crippen LogP contribution in [0.3, 0.4) is 0 Å². The second-order valence-corrected chi connectivity index (χ2v) is 5.56. The van der Waals surface area contributed by atoms with E-state index >= 15 is 0 Å². The van der Waals surface area contributed by atoms with E-state index in [-0.39, 0.29) is 0 Å². The van der Waals surface area contributed by atoms with Crippen molar-refractivity contribution in [3.8, 4) is 5.88 Å². The summed E-state index contributed by atoms with van der Waals surface area (Å²) >= 11 is 0. The van der Waals surface area contributed by atoms with Crippen LogP contribution in [0.5, 0.6) is 5.88 Å². The molecule has 1 unspecified atom stereocenters. The second kappa shape index (κ2) is 7.49. The molecule has 3 heteroatoms. The summed E-state index contributed by atoms with van der Waals surface area (Å²) < 4.78 is 5.85. The Balaban J connectivity index is 1.86. The zero-order valence-corrected chi connectivity index (χ0v) is 12.2. The average molecular weight is 262 g/mol. The quantitative estimate of drug-likeness (QED) is 0.813. The van der Waals surface area contributed by atoms with E-state index < -0.39 is 0 Å². The van der Waals surface area contributed by atoms with Gasteiger partial charge in [0.25, 0.3) is 0 Å². The zero-order valence-electron chi connectivity index (χ0n) is 12.2. The first kappa shape index (κ1) is 14.3. The third-order valence-electron chi connectivity index (χ3n) is 3.90. The first-order valence-electron chi connectivity index (χ1n) is 7.61. The fraction of sp³-hybridized carbons (Fsp3) is 0.688. The lowest BCUT2D eigenvalue weighted by Gasteiger charge is -2.15. The fourth-order valence-corrected chi connectivity index (χ4v) is 2.63. The molecule has 19 heavy (non-hydrogen) atoms. The number of hydrogen-bond donors (Lipinski definition) is 1. The van der Waals surface area contributed by atoms with Crippen molar-refractivity contribution in [2.75, 3.05) is 13.2 Å². The molecule has 0 amide bonds. The predicted octanol–water partition coefficient (Wildman–Crippen LogP) is 3.71. The molecule has 0 spiro atoms. The van der Waals surface area contributed by atoms with Crippen LogP contribution in [0.25, 0.3) is 0 Å². The number of nitrogens with one attached hydrogen (secondary N) is 1. The molecule has 0 aliphatic heterocycles. The van der Waals surface area contributed by atoms with E-state index in [4.69, 9.17) is 4.74 Å². The SMILES string of the molecule is CCCNC(C)c1ccnc(OCC2CCCC2)c1. The first-order valence-corrected chi connectivity index (χ1v) is 7.61. The topological polar surface area (TPSA) is 34.2 Å². The number of ether oxygens (including phenoxy) is 1. The van der Waals surface area contributed by atoms with Crippen LogP contribution < -0.4 is 10.1 Å². The molecule has 1 heterocycles. The Bertz CT molecular complexity index is 375. The minimum absolute atomic E-state index is 0.358. The van der Waals surface area contributed by atoms with Crippen LogP contribution in [0, 0.1) is 5.92 Å². The third kappa shape index (κ3) is 4.50. The maximum atomic E-state index is 5.85. The van der Waals surface area contributed by atoms with Crippen LogP contribution >= 0.6 is 0 Å². The summed E-state index contributed by atoms with van der Waals surface area (Å²) in [5.41, 5.74) is 1.25. The van der Waals surface area contributed by atoms with E-state index in [0.29, 0.717) is 6.04 Å². The van der Waals surface area contributed by atoms with Gasteiger partial charge in [-0.25, -0.2) is 4.98 Å². The van der Waals surface area contributed by atoms with Crippen molar-refractivity contribution in [3.05, 3.63) is 23.9 Å². The molecule has 0 saturated heterocycles. The highest BCUT2D eigenvalue weighted by Gasteiger charge is 2.16. The molecular weight excluding hydrogens is 236 g/mol. The molecule has 106 valence electrons. The van der Waals surface area contributed by atoms with E-state index in [2.05, 4.69) is 36.3 Å². The van der Waals surface area contributed by atoms with Crippen LogP contribution in [0.2, 0.25) is 0 Å². The summed E-state index contributed by atoms with van der Waals surface area (Å²) in [7, 11) is 0. The average Bonchev–Trinajstić information content (AvgIpc) is 2.96. The Kier molecular flexibility index (Phi) is 5.64. The largest absolute Gasteiger partial charge is 0.477 e. The Labute approximate surface area is 116 Å². The standard InChI is InChI=1S/C16H26N2O/c1-3-9-17-13(2)15-8-10-18-16(11-15)19-12-14-6-4-5-7-14/h8,10-11,13-14,17H,3-7,9,12H2,1-2H3. The molecule has 0 aromatic carbocycles. The smallest absolute Gasteiger partial charge is 0.213 e. The van der Waals surface area contributed by atoms with E-state index in [1.54, 1.807) is 0 Å². The lowest BCUT2D eigenvalue weighted by Crippen LogP contribution is -2.19. The summed E-state index contributed by atoms with van der Waals surface area (Å²) in [6, 6.07) is 4.50. The van der Waals surface area contributed by atoms with Crippen molar-refractivity contribution in [3.63, 3.8) is 0 Å². The van der Waals surface area contributed by atoms with Gasteiger partial charge in [0.05, 0.1) is 6.61 Å². The van der Waals surface area contributed by atoms with Crippen LogP contribution in [0.15, 0.2) is 18.3 Å². The molecule has 1 aromatic heterocycles. The second-order valence-electron chi connectivity index (χ2n) is 5.56. The van der Waals surface area contributed by atoms with Gasteiger partial charge in [0.1, 0.15) is 0 Å². The molecule has 1 atom stereocenters. The van der Waals surface area contributed by atoms with Crippen LogP contribution in [0.1, 0.15) is 57.6 Å². The Morgan fingerprint density at radius 1 is 1.42 bits per heavy atom. The molecule has 1 aliphatic rings. The lowest BCUT2D eigenvalue weighted by molar-refractivity contribution is 0.243. The van der Waals surface area contributed by atoms with Gasteiger partial charge in [-0.2, -0.15) is 0 Å². The summed E-state index contributed by atoms with van der Waals surface area (Å²) in [4.78, 5) is 4.31. The van der Waals surface area contributed by atoms with Crippen molar-refractivity contribution in [1.82, 2.24) is 10.3 Å². The summed E-state index contributed by atoms with van der Waals surface area (Å²) in [6.45, 7) is 6.24. The number of aromatic nitrogens is 1. The number of nitrogens with zero attached hydrogens (tertiary/aromatic N) is 1. The van der Waals surface area contributed by atoms with Crippen molar-refractivity contribution in [2.24, 2.45) is 5.92 Å². The highest BCUT2D eigenvalue weighted by molar-refractivity contribution is 5.23. The van der Waals surface area contributed by atoms with Gasteiger partial charge in [-0.3, -0.25) is 0 Å². The molecule has 1 aromatic rings. The molecule has 0 radical (unpaired) electrons. The van der Waals surface area contributed by atoms with Gasteiger partial charge >= 0.3 is 0 Å². The molecule has 1 saturated carbocycles. The van der Waals surface area contributed by atoms with Crippen LogP contribution in [-0.2, 0) is 0 Å². The third-order valence-corrected chi connectivity index (χ3v) is 3.90. The normalized spacial score (nSPS) is 17.6. The molecule has 1 aliphatic carbocycles. The van der Waals surface area contributed by atoms with Gasteiger partial charge in [0, 0.05) is 18.3 Å². The van der Waals surface area contributed by atoms with Gasteiger partial charge in [-0.15, -0.1) is 0 Å². The summed E-state index contributed by atoms with van der Waals surface area (Å²) in [5, 5.41) is 3.49. The monoisotopic (exact) mass is 262 g/mol.